The lowest BCUT2D eigenvalue weighted by Gasteiger charge is -2.41. The van der Waals surface area contributed by atoms with E-state index in [1.54, 1.807) is 6.20 Å². The number of carbonyl (C=O) groups is 2. The average molecular weight is 347 g/mol. The van der Waals surface area contributed by atoms with E-state index in [0.29, 0.717) is 32.5 Å². The van der Waals surface area contributed by atoms with E-state index >= 15 is 0 Å². The molecule has 3 aliphatic heterocycles. The Bertz CT molecular complexity index is 646. The summed E-state index contributed by atoms with van der Waals surface area (Å²) in [5, 5.41) is 8.14. The summed E-state index contributed by atoms with van der Waals surface area (Å²) >= 11 is 0. The zero-order valence-electron chi connectivity index (χ0n) is 14.5. The zero-order chi connectivity index (χ0) is 17.2. The van der Waals surface area contributed by atoms with Crippen LogP contribution in [0, 0.1) is 0 Å². The number of fused-ring (bicyclic) bond motifs is 3. The molecule has 1 aromatic rings. The van der Waals surface area contributed by atoms with Gasteiger partial charge in [-0.05, 0) is 25.7 Å². The van der Waals surface area contributed by atoms with E-state index in [0.717, 1.165) is 44.5 Å². The summed E-state index contributed by atoms with van der Waals surface area (Å²) < 4.78 is 7.80. The summed E-state index contributed by atoms with van der Waals surface area (Å²) in [6, 6.07) is 0.0626. The van der Waals surface area contributed by atoms with E-state index in [9.17, 15) is 9.59 Å². The van der Waals surface area contributed by atoms with E-state index in [1.165, 1.54) is 0 Å². The van der Waals surface area contributed by atoms with Crippen LogP contribution in [0.2, 0.25) is 0 Å². The summed E-state index contributed by atoms with van der Waals surface area (Å²) in [4.78, 5) is 28.2. The monoisotopic (exact) mass is 347 g/mol. The minimum absolute atomic E-state index is 0.0626. The topological polar surface area (TPSA) is 80.6 Å². The van der Waals surface area contributed by atoms with Crippen LogP contribution in [0.4, 0.5) is 0 Å². The molecule has 136 valence electrons. The van der Waals surface area contributed by atoms with Crippen molar-refractivity contribution < 1.29 is 14.3 Å². The van der Waals surface area contributed by atoms with Crippen LogP contribution in [0.5, 0.6) is 0 Å². The van der Waals surface area contributed by atoms with Crippen molar-refractivity contribution in [3.05, 3.63) is 11.9 Å². The number of rotatable bonds is 4. The highest BCUT2D eigenvalue weighted by atomic mass is 16.5. The van der Waals surface area contributed by atoms with Gasteiger partial charge >= 0.3 is 0 Å². The van der Waals surface area contributed by atoms with E-state index in [1.807, 2.05) is 14.5 Å². The standard InChI is InChI=1S/C17H25N5O3/c23-16-4-1-2-7-20(16)8-3-5-17(24)21-9-6-15-14(11-21)22-13(12-25-15)10-18-19-22/h10,14-15H,1-9,11-12H2/t14-,15-/m1/s1. The number of nitrogens with zero attached hydrogens (tertiary/aromatic N) is 5. The second-order valence-electron chi connectivity index (χ2n) is 7.16. The van der Waals surface area contributed by atoms with Crippen molar-refractivity contribution >= 4 is 11.8 Å². The fraction of sp³-hybridized carbons (Fsp3) is 0.765. The Labute approximate surface area is 147 Å². The Morgan fingerprint density at radius 1 is 1.32 bits per heavy atom. The van der Waals surface area contributed by atoms with Crippen molar-refractivity contribution in [2.75, 3.05) is 26.2 Å². The van der Waals surface area contributed by atoms with Gasteiger partial charge < -0.3 is 14.5 Å². The van der Waals surface area contributed by atoms with Gasteiger partial charge in [0, 0.05) is 39.0 Å². The third-order valence-corrected chi connectivity index (χ3v) is 5.52. The third-order valence-electron chi connectivity index (χ3n) is 5.52. The van der Waals surface area contributed by atoms with Gasteiger partial charge in [-0.25, -0.2) is 4.68 Å². The molecule has 0 bridgehead atoms. The molecule has 0 aromatic carbocycles. The van der Waals surface area contributed by atoms with Crippen LogP contribution in [-0.2, 0) is 20.9 Å². The first-order chi connectivity index (χ1) is 12.2. The molecular weight excluding hydrogens is 322 g/mol. The van der Waals surface area contributed by atoms with E-state index < -0.39 is 0 Å². The van der Waals surface area contributed by atoms with Gasteiger partial charge in [-0.2, -0.15) is 0 Å². The molecule has 2 fully saturated rings. The SMILES string of the molecule is O=C1CCCCN1CCCC(=O)N1CC[C@H]2OCc3cnnn3[C@@H]2C1. The van der Waals surface area contributed by atoms with E-state index in [-0.39, 0.29) is 24.0 Å². The predicted molar refractivity (Wildman–Crippen MR) is 88.5 cm³/mol. The maximum atomic E-state index is 12.6. The van der Waals surface area contributed by atoms with Crippen LogP contribution in [0.1, 0.15) is 50.3 Å². The lowest BCUT2D eigenvalue weighted by molar-refractivity contribution is -0.139. The molecule has 1 aromatic heterocycles. The number of hydrogen-bond acceptors (Lipinski definition) is 5. The minimum Gasteiger partial charge on any atom is -0.370 e. The van der Waals surface area contributed by atoms with Gasteiger partial charge in [0.05, 0.1) is 30.6 Å². The maximum Gasteiger partial charge on any atom is 0.222 e. The highest BCUT2D eigenvalue weighted by molar-refractivity contribution is 5.77. The molecule has 2 atom stereocenters. The van der Waals surface area contributed by atoms with Gasteiger partial charge in [0.1, 0.15) is 0 Å². The van der Waals surface area contributed by atoms with Gasteiger partial charge in [-0.3, -0.25) is 9.59 Å². The molecule has 0 unspecified atom stereocenters. The summed E-state index contributed by atoms with van der Waals surface area (Å²) in [6.07, 6.45) is 6.64. The summed E-state index contributed by atoms with van der Waals surface area (Å²) in [6.45, 7) is 3.44. The van der Waals surface area contributed by atoms with E-state index in [2.05, 4.69) is 10.3 Å². The molecule has 4 rings (SSSR count). The van der Waals surface area contributed by atoms with Crippen LogP contribution in [0.3, 0.4) is 0 Å². The van der Waals surface area contributed by atoms with Crippen LogP contribution in [0.25, 0.3) is 0 Å². The Morgan fingerprint density at radius 3 is 3.12 bits per heavy atom. The van der Waals surface area contributed by atoms with Gasteiger partial charge in [-0.1, -0.05) is 5.21 Å². The lowest BCUT2D eigenvalue weighted by Crippen LogP contribution is -2.50. The molecule has 0 saturated carbocycles. The fourth-order valence-corrected chi connectivity index (χ4v) is 4.08. The number of piperidine rings is 2. The van der Waals surface area contributed by atoms with Crippen molar-refractivity contribution in [1.82, 2.24) is 24.8 Å². The normalized spacial score (nSPS) is 26.3. The molecule has 8 nitrogen and oxygen atoms in total. The number of ether oxygens (including phenoxy) is 1. The van der Waals surface area contributed by atoms with Crippen LogP contribution < -0.4 is 0 Å². The van der Waals surface area contributed by atoms with Gasteiger partial charge in [-0.15, -0.1) is 5.10 Å². The Balaban J connectivity index is 1.29. The quantitative estimate of drug-likeness (QED) is 0.803. The van der Waals surface area contributed by atoms with Crippen LogP contribution >= 0.6 is 0 Å². The van der Waals surface area contributed by atoms with Crippen molar-refractivity contribution in [2.45, 2.75) is 57.3 Å². The molecule has 8 heteroatoms. The van der Waals surface area contributed by atoms with Gasteiger partial charge in [0.15, 0.2) is 0 Å². The average Bonchev–Trinajstić information content (AvgIpc) is 3.12. The predicted octanol–water partition coefficient (Wildman–Crippen LogP) is 0.743. The number of carbonyl (C=O) groups excluding carboxylic acids is 2. The highest BCUT2D eigenvalue weighted by Crippen LogP contribution is 2.30. The fourth-order valence-electron chi connectivity index (χ4n) is 4.08. The first kappa shape index (κ1) is 16.5. The lowest BCUT2D eigenvalue weighted by atomic mass is 10.00. The summed E-state index contributed by atoms with van der Waals surface area (Å²) in [5.41, 5.74) is 0.971. The summed E-state index contributed by atoms with van der Waals surface area (Å²) in [5.74, 6) is 0.396. The molecule has 2 saturated heterocycles. The molecular formula is C17H25N5O3. The number of likely N-dealkylation sites (tertiary alicyclic amines) is 2. The van der Waals surface area contributed by atoms with Gasteiger partial charge in [0.2, 0.25) is 11.8 Å². The van der Waals surface area contributed by atoms with Gasteiger partial charge in [0.25, 0.3) is 0 Å². The number of amides is 2. The Morgan fingerprint density at radius 2 is 2.24 bits per heavy atom. The molecule has 25 heavy (non-hydrogen) atoms. The molecule has 0 aliphatic carbocycles. The zero-order valence-corrected chi connectivity index (χ0v) is 14.5. The smallest absolute Gasteiger partial charge is 0.222 e. The van der Waals surface area contributed by atoms with Crippen LogP contribution in [-0.4, -0.2) is 68.9 Å². The van der Waals surface area contributed by atoms with Crippen molar-refractivity contribution in [2.24, 2.45) is 0 Å². The molecule has 2 amide bonds. The van der Waals surface area contributed by atoms with Crippen molar-refractivity contribution in [3.8, 4) is 0 Å². The molecule has 0 spiro atoms. The van der Waals surface area contributed by atoms with E-state index in [4.69, 9.17) is 4.74 Å². The molecule has 0 radical (unpaired) electrons. The molecule has 0 N–H and O–H groups in total. The number of hydrogen-bond donors (Lipinski definition) is 0. The van der Waals surface area contributed by atoms with Crippen LogP contribution in [0.15, 0.2) is 6.20 Å². The maximum absolute atomic E-state index is 12.6. The number of aromatic nitrogens is 3. The van der Waals surface area contributed by atoms with Crippen molar-refractivity contribution in [1.29, 1.82) is 0 Å². The molecule has 4 heterocycles. The Hall–Kier alpha value is -1.96. The highest BCUT2D eigenvalue weighted by Gasteiger charge is 2.37. The minimum atomic E-state index is 0.0626. The second-order valence-corrected chi connectivity index (χ2v) is 7.16. The largest absolute Gasteiger partial charge is 0.370 e. The Kier molecular flexibility index (Phi) is 4.70. The summed E-state index contributed by atoms with van der Waals surface area (Å²) in [7, 11) is 0. The second kappa shape index (κ2) is 7.11. The van der Waals surface area contributed by atoms with Crippen molar-refractivity contribution in [3.63, 3.8) is 0 Å². The third kappa shape index (κ3) is 3.40. The first-order valence-corrected chi connectivity index (χ1v) is 9.28. The first-order valence-electron chi connectivity index (χ1n) is 9.28. The molecule has 3 aliphatic rings.